The fourth-order valence-corrected chi connectivity index (χ4v) is 2.49. The fourth-order valence-electron chi connectivity index (χ4n) is 2.49. The van der Waals surface area contributed by atoms with Crippen molar-refractivity contribution in [1.82, 2.24) is 5.32 Å². The molecule has 1 atom stereocenters. The summed E-state index contributed by atoms with van der Waals surface area (Å²) in [4.78, 5) is 24.2. The van der Waals surface area contributed by atoms with Crippen molar-refractivity contribution in [3.8, 4) is 5.75 Å². The van der Waals surface area contributed by atoms with E-state index in [0.717, 1.165) is 5.56 Å². The Hall–Kier alpha value is -2.08. The van der Waals surface area contributed by atoms with Gasteiger partial charge in [0.15, 0.2) is 0 Å². The molecule has 1 aliphatic rings. The number of aryl methyl sites for hydroxylation is 1. The van der Waals surface area contributed by atoms with Gasteiger partial charge in [-0.05, 0) is 44.4 Å². The van der Waals surface area contributed by atoms with Crippen molar-refractivity contribution in [2.45, 2.75) is 32.2 Å². The molecule has 2 amide bonds. The molecule has 1 heterocycles. The number of nitrogens with one attached hydrogen (secondary N) is 1. The van der Waals surface area contributed by atoms with Crippen LogP contribution in [0.4, 0.5) is 0 Å². The number of nitrogens with two attached hydrogens (primary N) is 1. The maximum atomic E-state index is 12.5. The number of primary amides is 1. The Morgan fingerprint density at radius 3 is 2.82 bits per heavy atom. The monoisotopic (exact) mass is 306 g/mol. The van der Waals surface area contributed by atoms with E-state index in [1.807, 2.05) is 19.9 Å². The SMILES string of the molecule is CCOc1cc(C(=O)NC2(C(N)=O)CCCOC2)ccc1C. The van der Waals surface area contributed by atoms with Gasteiger partial charge in [-0.15, -0.1) is 0 Å². The average Bonchev–Trinajstić information content (AvgIpc) is 2.50. The molecule has 6 nitrogen and oxygen atoms in total. The lowest BCUT2D eigenvalue weighted by Gasteiger charge is -2.34. The minimum atomic E-state index is -1.13. The van der Waals surface area contributed by atoms with E-state index in [0.29, 0.717) is 37.4 Å². The molecule has 120 valence electrons. The normalized spacial score (nSPS) is 21.2. The highest BCUT2D eigenvalue weighted by molar-refractivity contribution is 5.99. The highest BCUT2D eigenvalue weighted by atomic mass is 16.5. The van der Waals surface area contributed by atoms with Gasteiger partial charge in [0.2, 0.25) is 5.91 Å². The first-order valence-electron chi connectivity index (χ1n) is 7.42. The zero-order chi connectivity index (χ0) is 16.2. The lowest BCUT2D eigenvalue weighted by molar-refractivity contribution is -0.129. The molecule has 2 rings (SSSR count). The summed E-state index contributed by atoms with van der Waals surface area (Å²) in [5.41, 5.74) is 5.72. The van der Waals surface area contributed by atoms with Crippen LogP contribution in [0.5, 0.6) is 5.75 Å². The molecule has 1 aromatic carbocycles. The lowest BCUT2D eigenvalue weighted by atomic mass is 9.91. The molecule has 0 aliphatic carbocycles. The molecule has 1 saturated heterocycles. The molecule has 0 aromatic heterocycles. The maximum absolute atomic E-state index is 12.5. The van der Waals surface area contributed by atoms with Gasteiger partial charge < -0.3 is 20.5 Å². The van der Waals surface area contributed by atoms with Gasteiger partial charge >= 0.3 is 0 Å². The molecule has 22 heavy (non-hydrogen) atoms. The number of amides is 2. The highest BCUT2D eigenvalue weighted by Crippen LogP contribution is 2.22. The second kappa shape index (κ2) is 6.79. The Labute approximate surface area is 130 Å². The topological polar surface area (TPSA) is 90.6 Å². The number of hydrogen-bond acceptors (Lipinski definition) is 4. The molecule has 1 aromatic rings. The van der Waals surface area contributed by atoms with Gasteiger partial charge in [0.25, 0.3) is 5.91 Å². The average molecular weight is 306 g/mol. The standard InChI is InChI=1S/C16H22N2O4/c1-3-22-13-9-12(6-5-11(13)2)14(19)18-16(15(17)20)7-4-8-21-10-16/h5-6,9H,3-4,7-8,10H2,1-2H3,(H2,17,20)(H,18,19). The van der Waals surface area contributed by atoms with E-state index in [2.05, 4.69) is 5.32 Å². The van der Waals surface area contributed by atoms with Crippen molar-refractivity contribution in [3.63, 3.8) is 0 Å². The smallest absolute Gasteiger partial charge is 0.252 e. The van der Waals surface area contributed by atoms with Crippen LogP contribution in [0.25, 0.3) is 0 Å². The Kier molecular flexibility index (Phi) is 5.03. The van der Waals surface area contributed by atoms with Crippen molar-refractivity contribution in [2.24, 2.45) is 5.73 Å². The van der Waals surface area contributed by atoms with Crippen molar-refractivity contribution in [2.75, 3.05) is 19.8 Å². The Balaban J connectivity index is 2.20. The van der Waals surface area contributed by atoms with Crippen LogP contribution >= 0.6 is 0 Å². The van der Waals surface area contributed by atoms with Gasteiger partial charge in [0.1, 0.15) is 11.3 Å². The predicted molar refractivity (Wildman–Crippen MR) is 81.8 cm³/mol. The van der Waals surface area contributed by atoms with E-state index in [9.17, 15) is 9.59 Å². The summed E-state index contributed by atoms with van der Waals surface area (Å²) in [5.74, 6) is -0.272. The molecule has 6 heteroatoms. The third kappa shape index (κ3) is 3.39. The zero-order valence-corrected chi connectivity index (χ0v) is 13.0. The third-order valence-corrected chi connectivity index (χ3v) is 3.82. The van der Waals surface area contributed by atoms with E-state index in [1.54, 1.807) is 12.1 Å². The van der Waals surface area contributed by atoms with Crippen LogP contribution in [0, 0.1) is 6.92 Å². The highest BCUT2D eigenvalue weighted by Gasteiger charge is 2.40. The van der Waals surface area contributed by atoms with Crippen LogP contribution in [-0.4, -0.2) is 37.2 Å². The second-order valence-electron chi connectivity index (χ2n) is 5.47. The van der Waals surface area contributed by atoms with Crippen LogP contribution in [0.1, 0.15) is 35.7 Å². The number of carbonyl (C=O) groups excluding carboxylic acids is 2. The van der Waals surface area contributed by atoms with E-state index < -0.39 is 11.4 Å². The van der Waals surface area contributed by atoms with Gasteiger partial charge in [-0.1, -0.05) is 6.07 Å². The summed E-state index contributed by atoms with van der Waals surface area (Å²) < 4.78 is 10.8. The van der Waals surface area contributed by atoms with E-state index in [1.165, 1.54) is 0 Å². The molecule has 3 N–H and O–H groups in total. The number of rotatable bonds is 5. The molecule has 0 radical (unpaired) electrons. The van der Waals surface area contributed by atoms with Crippen LogP contribution in [0.2, 0.25) is 0 Å². The van der Waals surface area contributed by atoms with E-state index in [-0.39, 0.29) is 12.5 Å². The Bertz CT molecular complexity index is 565. The lowest BCUT2D eigenvalue weighted by Crippen LogP contribution is -2.61. The van der Waals surface area contributed by atoms with Crippen molar-refractivity contribution >= 4 is 11.8 Å². The Morgan fingerprint density at radius 2 is 2.23 bits per heavy atom. The van der Waals surface area contributed by atoms with Crippen molar-refractivity contribution in [3.05, 3.63) is 29.3 Å². The van der Waals surface area contributed by atoms with Crippen LogP contribution in [0.15, 0.2) is 18.2 Å². The summed E-state index contributed by atoms with van der Waals surface area (Å²) in [6.45, 7) is 4.99. The summed E-state index contributed by atoms with van der Waals surface area (Å²) in [7, 11) is 0. The molecular formula is C16H22N2O4. The molecule has 0 bridgehead atoms. The quantitative estimate of drug-likeness (QED) is 0.854. The largest absolute Gasteiger partial charge is 0.494 e. The van der Waals surface area contributed by atoms with Crippen LogP contribution < -0.4 is 15.8 Å². The molecule has 1 aliphatic heterocycles. The molecule has 0 saturated carbocycles. The minimum Gasteiger partial charge on any atom is -0.494 e. The number of carbonyl (C=O) groups is 2. The molecule has 1 fully saturated rings. The Morgan fingerprint density at radius 1 is 1.45 bits per heavy atom. The summed E-state index contributed by atoms with van der Waals surface area (Å²) >= 11 is 0. The summed E-state index contributed by atoms with van der Waals surface area (Å²) in [6, 6.07) is 5.19. The molecule has 0 spiro atoms. The molecular weight excluding hydrogens is 284 g/mol. The van der Waals surface area contributed by atoms with Gasteiger partial charge in [-0.25, -0.2) is 0 Å². The second-order valence-corrected chi connectivity index (χ2v) is 5.47. The predicted octanol–water partition coefficient (Wildman–Crippen LogP) is 1.16. The van der Waals surface area contributed by atoms with E-state index in [4.69, 9.17) is 15.2 Å². The first kappa shape index (κ1) is 16.3. The first-order chi connectivity index (χ1) is 10.5. The third-order valence-electron chi connectivity index (χ3n) is 3.82. The summed E-state index contributed by atoms with van der Waals surface area (Å²) in [5, 5.41) is 2.74. The summed E-state index contributed by atoms with van der Waals surface area (Å²) in [6.07, 6.45) is 1.17. The zero-order valence-electron chi connectivity index (χ0n) is 13.0. The first-order valence-corrected chi connectivity index (χ1v) is 7.42. The van der Waals surface area contributed by atoms with Crippen molar-refractivity contribution in [1.29, 1.82) is 0 Å². The number of hydrogen-bond donors (Lipinski definition) is 2. The minimum absolute atomic E-state index is 0.109. The van der Waals surface area contributed by atoms with Crippen LogP contribution in [0.3, 0.4) is 0 Å². The fraction of sp³-hybridized carbons (Fsp3) is 0.500. The molecule has 1 unspecified atom stereocenters. The van der Waals surface area contributed by atoms with Gasteiger partial charge in [-0.3, -0.25) is 9.59 Å². The van der Waals surface area contributed by atoms with Crippen molar-refractivity contribution < 1.29 is 19.1 Å². The van der Waals surface area contributed by atoms with Gasteiger partial charge in [-0.2, -0.15) is 0 Å². The van der Waals surface area contributed by atoms with Gasteiger partial charge in [0, 0.05) is 12.2 Å². The van der Waals surface area contributed by atoms with Gasteiger partial charge in [0.05, 0.1) is 13.2 Å². The van der Waals surface area contributed by atoms with Crippen LogP contribution in [-0.2, 0) is 9.53 Å². The maximum Gasteiger partial charge on any atom is 0.252 e. The van der Waals surface area contributed by atoms with E-state index >= 15 is 0 Å². The number of ether oxygens (including phenoxy) is 2. The number of benzene rings is 1.